The summed E-state index contributed by atoms with van der Waals surface area (Å²) in [4.78, 5) is 2.50. The molecule has 1 aliphatic carbocycles. The normalized spacial score (nSPS) is 14.2. The second-order valence-corrected chi connectivity index (χ2v) is 16.4. The van der Waals surface area contributed by atoms with Crippen LogP contribution in [0.5, 0.6) is 0 Å². The van der Waals surface area contributed by atoms with E-state index in [4.69, 9.17) is 0 Å². The summed E-state index contributed by atoms with van der Waals surface area (Å²) < 4.78 is 0. The van der Waals surface area contributed by atoms with Gasteiger partial charge in [0.2, 0.25) is 0 Å². The van der Waals surface area contributed by atoms with Crippen molar-refractivity contribution in [3.05, 3.63) is 258 Å². The van der Waals surface area contributed by atoms with Crippen LogP contribution in [0.15, 0.2) is 224 Å². The summed E-state index contributed by atoms with van der Waals surface area (Å²) >= 11 is 0. The van der Waals surface area contributed by atoms with Gasteiger partial charge in [-0.3, -0.25) is 0 Å². The summed E-state index contributed by atoms with van der Waals surface area (Å²) in [7, 11) is 0. The van der Waals surface area contributed by atoms with Gasteiger partial charge in [0.1, 0.15) is 0 Å². The highest BCUT2D eigenvalue weighted by molar-refractivity contribution is 5.95. The molecule has 0 radical (unpaired) electrons. The number of benzene rings is 9. The number of fused-ring (bicyclic) bond motifs is 8. The van der Waals surface area contributed by atoms with Crippen LogP contribution in [-0.2, 0) is 10.8 Å². The molecule has 0 saturated carbocycles. The molecule has 280 valence electrons. The van der Waals surface area contributed by atoms with Gasteiger partial charge in [0.25, 0.3) is 0 Å². The maximum Gasteiger partial charge on any atom is 0.0748 e. The lowest BCUT2D eigenvalue weighted by Crippen LogP contribution is -2.45. The standard InChI is InChI=1S/C58H43N/c1-57(2)49-30-16-18-32-51(49)58(52-33-19-17-31-50(52)57)53-38-42(47-28-14-12-26-45(47)40-20-6-3-7-21-40)34-36-55(53)59(44-24-10-5-11-25-44)56-37-35-43(39-54(56)58)48-29-15-13-27-46(48)41-22-8-4-9-23-41/h3-39H,1-2H3. The molecular weight excluding hydrogens is 711 g/mol. The van der Waals surface area contributed by atoms with Crippen LogP contribution < -0.4 is 4.90 Å². The summed E-state index contributed by atoms with van der Waals surface area (Å²) in [5.41, 5.74) is 20.3. The predicted molar refractivity (Wildman–Crippen MR) is 247 cm³/mol. The third-order valence-corrected chi connectivity index (χ3v) is 13.0. The topological polar surface area (TPSA) is 3.24 Å². The zero-order valence-electron chi connectivity index (χ0n) is 33.3. The van der Waals surface area contributed by atoms with Crippen LogP contribution in [0.3, 0.4) is 0 Å². The molecule has 0 bridgehead atoms. The monoisotopic (exact) mass is 753 g/mol. The number of nitrogens with zero attached hydrogens (tertiary/aromatic N) is 1. The van der Waals surface area contributed by atoms with Gasteiger partial charge < -0.3 is 4.90 Å². The molecule has 0 N–H and O–H groups in total. The van der Waals surface area contributed by atoms with Gasteiger partial charge in [-0.15, -0.1) is 0 Å². The van der Waals surface area contributed by atoms with Gasteiger partial charge in [0.15, 0.2) is 0 Å². The van der Waals surface area contributed by atoms with E-state index in [1.807, 2.05) is 0 Å². The summed E-state index contributed by atoms with van der Waals surface area (Å²) in [6.07, 6.45) is 0. The average molecular weight is 754 g/mol. The smallest absolute Gasteiger partial charge is 0.0748 e. The van der Waals surface area contributed by atoms with Crippen LogP contribution in [0.4, 0.5) is 17.1 Å². The molecule has 9 aromatic carbocycles. The molecule has 0 atom stereocenters. The minimum Gasteiger partial charge on any atom is -0.310 e. The number of hydrogen-bond acceptors (Lipinski definition) is 1. The van der Waals surface area contributed by atoms with Crippen molar-refractivity contribution in [3.8, 4) is 44.5 Å². The quantitative estimate of drug-likeness (QED) is 0.169. The molecule has 2 aliphatic rings. The summed E-state index contributed by atoms with van der Waals surface area (Å²) in [5, 5.41) is 0. The first-order valence-electron chi connectivity index (χ1n) is 20.7. The Morgan fingerprint density at radius 2 is 0.627 bits per heavy atom. The number of rotatable bonds is 5. The van der Waals surface area contributed by atoms with E-state index in [0.717, 1.165) is 5.69 Å². The Balaban J connectivity index is 1.29. The van der Waals surface area contributed by atoms with Gasteiger partial charge in [0.05, 0.1) is 16.8 Å². The van der Waals surface area contributed by atoms with Crippen molar-refractivity contribution in [1.29, 1.82) is 0 Å². The second-order valence-electron chi connectivity index (χ2n) is 16.4. The molecule has 0 amide bonds. The maximum absolute atomic E-state index is 2.52. The molecule has 0 aromatic heterocycles. The Morgan fingerprint density at radius 3 is 1.05 bits per heavy atom. The minimum atomic E-state index is -0.645. The van der Waals surface area contributed by atoms with E-state index >= 15 is 0 Å². The van der Waals surface area contributed by atoms with Crippen molar-refractivity contribution >= 4 is 17.1 Å². The average Bonchev–Trinajstić information content (AvgIpc) is 3.31. The molecule has 9 aromatic rings. The molecule has 1 heteroatoms. The van der Waals surface area contributed by atoms with Crippen LogP contribution in [0.2, 0.25) is 0 Å². The van der Waals surface area contributed by atoms with Crippen molar-refractivity contribution in [2.24, 2.45) is 0 Å². The number of anilines is 3. The van der Waals surface area contributed by atoms with Gasteiger partial charge >= 0.3 is 0 Å². The van der Waals surface area contributed by atoms with Gasteiger partial charge in [-0.1, -0.05) is 202 Å². The third kappa shape index (κ3) is 5.31. The van der Waals surface area contributed by atoms with Crippen LogP contribution in [-0.4, -0.2) is 0 Å². The molecule has 0 saturated heterocycles. The maximum atomic E-state index is 2.52. The summed E-state index contributed by atoms with van der Waals surface area (Å²) in [6, 6.07) is 83.2. The van der Waals surface area contributed by atoms with Gasteiger partial charge in [-0.05, 0) is 114 Å². The van der Waals surface area contributed by atoms with E-state index in [9.17, 15) is 0 Å². The van der Waals surface area contributed by atoms with E-state index in [2.05, 4.69) is 243 Å². The fourth-order valence-electron chi connectivity index (χ4n) is 10.3. The number of para-hydroxylation sites is 1. The van der Waals surface area contributed by atoms with Crippen molar-refractivity contribution in [3.63, 3.8) is 0 Å². The van der Waals surface area contributed by atoms with E-state index < -0.39 is 5.41 Å². The predicted octanol–water partition coefficient (Wildman–Crippen LogP) is 15.2. The van der Waals surface area contributed by atoms with Crippen molar-refractivity contribution < 1.29 is 0 Å². The lowest BCUT2D eigenvalue weighted by Gasteiger charge is -2.52. The SMILES string of the molecule is CC1(C)c2ccccc2C2(c3cc(-c4ccccc4-c4ccccc4)ccc3N(c3ccccc3)c3ccc(-c4ccccc4-c4ccccc4)cc32)c2ccccc21. The fourth-order valence-corrected chi connectivity index (χ4v) is 10.3. The van der Waals surface area contributed by atoms with Crippen molar-refractivity contribution in [1.82, 2.24) is 0 Å². The van der Waals surface area contributed by atoms with Crippen molar-refractivity contribution in [2.45, 2.75) is 24.7 Å². The summed E-state index contributed by atoms with van der Waals surface area (Å²) in [6.45, 7) is 4.80. The van der Waals surface area contributed by atoms with Gasteiger partial charge in [-0.25, -0.2) is 0 Å². The van der Waals surface area contributed by atoms with Crippen LogP contribution in [0.1, 0.15) is 47.2 Å². The highest BCUT2D eigenvalue weighted by Crippen LogP contribution is 2.63. The van der Waals surface area contributed by atoms with Crippen LogP contribution in [0, 0.1) is 0 Å². The van der Waals surface area contributed by atoms with E-state index in [-0.39, 0.29) is 5.41 Å². The van der Waals surface area contributed by atoms with E-state index in [0.29, 0.717) is 0 Å². The highest BCUT2D eigenvalue weighted by Gasteiger charge is 2.53. The first-order valence-corrected chi connectivity index (χ1v) is 20.7. The van der Waals surface area contributed by atoms with Crippen LogP contribution in [0.25, 0.3) is 44.5 Å². The summed E-state index contributed by atoms with van der Waals surface area (Å²) in [5.74, 6) is 0. The Labute approximate surface area is 347 Å². The molecule has 0 fully saturated rings. The molecule has 1 spiro atoms. The Morgan fingerprint density at radius 1 is 0.288 bits per heavy atom. The molecule has 11 rings (SSSR count). The fraction of sp³-hybridized carbons (Fsp3) is 0.0690. The number of hydrogen-bond donors (Lipinski definition) is 0. The van der Waals surface area contributed by atoms with E-state index in [1.54, 1.807) is 0 Å². The largest absolute Gasteiger partial charge is 0.310 e. The second kappa shape index (κ2) is 13.7. The van der Waals surface area contributed by atoms with Gasteiger partial charge in [0, 0.05) is 11.1 Å². The Hall–Kier alpha value is -7.22. The molecule has 1 aliphatic heterocycles. The first-order chi connectivity index (χ1) is 29.0. The molecule has 59 heavy (non-hydrogen) atoms. The Kier molecular flexibility index (Phi) is 8.13. The zero-order chi connectivity index (χ0) is 39.6. The lowest BCUT2D eigenvalue weighted by atomic mass is 9.53. The molecule has 0 unspecified atom stereocenters. The van der Waals surface area contributed by atoms with Crippen molar-refractivity contribution in [2.75, 3.05) is 4.90 Å². The minimum absolute atomic E-state index is 0.218. The first kappa shape index (κ1) is 35.0. The van der Waals surface area contributed by atoms with Crippen LogP contribution >= 0.6 is 0 Å². The molecular formula is C58H43N. The van der Waals surface area contributed by atoms with Gasteiger partial charge in [-0.2, -0.15) is 0 Å². The van der Waals surface area contributed by atoms with E-state index in [1.165, 1.54) is 89.3 Å². The highest BCUT2D eigenvalue weighted by atomic mass is 15.2. The molecule has 1 heterocycles. The Bertz CT molecular complexity index is 2830. The zero-order valence-corrected chi connectivity index (χ0v) is 33.3. The molecule has 1 nitrogen and oxygen atoms in total. The lowest BCUT2D eigenvalue weighted by molar-refractivity contribution is 0.556. The third-order valence-electron chi connectivity index (χ3n) is 13.0.